The first-order chi connectivity index (χ1) is 11.0. The van der Waals surface area contributed by atoms with Crippen LogP contribution in [-0.2, 0) is 0 Å². The molecule has 0 saturated carbocycles. The Bertz CT molecular complexity index is 891. The first kappa shape index (κ1) is 15.8. The molecular weight excluding hydrogens is 355 g/mol. The fourth-order valence-corrected chi connectivity index (χ4v) is 3.25. The summed E-state index contributed by atoms with van der Waals surface area (Å²) in [6, 6.07) is 11.7. The highest BCUT2D eigenvalue weighted by Crippen LogP contribution is 2.28. The normalized spacial score (nSPS) is 10.5. The van der Waals surface area contributed by atoms with Gasteiger partial charge in [0.15, 0.2) is 0 Å². The van der Waals surface area contributed by atoms with Crippen molar-refractivity contribution < 1.29 is 9.59 Å². The Morgan fingerprint density at radius 2 is 1.52 bits per heavy atom. The summed E-state index contributed by atoms with van der Waals surface area (Å²) in [4.78, 5) is 24.2. The molecule has 1 aromatic heterocycles. The largest absolute Gasteiger partial charge is 0.271 e. The summed E-state index contributed by atoms with van der Waals surface area (Å²) in [6.45, 7) is 0. The lowest BCUT2D eigenvalue weighted by atomic mass is 10.2. The van der Waals surface area contributed by atoms with E-state index in [1.54, 1.807) is 41.8 Å². The van der Waals surface area contributed by atoms with E-state index in [-0.39, 0.29) is 0 Å². The van der Waals surface area contributed by atoms with Crippen LogP contribution in [0.25, 0.3) is 10.1 Å². The van der Waals surface area contributed by atoms with E-state index in [1.807, 2.05) is 6.07 Å². The number of thiophene rings is 1. The van der Waals surface area contributed by atoms with Crippen molar-refractivity contribution in [3.8, 4) is 0 Å². The number of hydrogen-bond acceptors (Lipinski definition) is 3. The second-order valence-electron chi connectivity index (χ2n) is 4.71. The van der Waals surface area contributed by atoms with Crippen LogP contribution in [-0.4, -0.2) is 11.8 Å². The molecule has 0 atom stereocenters. The number of carbonyl (C=O) groups excluding carboxylic acids is 2. The van der Waals surface area contributed by atoms with E-state index in [9.17, 15) is 9.59 Å². The molecule has 0 unspecified atom stereocenters. The number of benzene rings is 2. The number of carbonyl (C=O) groups is 2. The van der Waals surface area contributed by atoms with Crippen LogP contribution >= 0.6 is 34.5 Å². The number of fused-ring (bicyclic) bond motifs is 1. The van der Waals surface area contributed by atoms with Crippen LogP contribution in [0.5, 0.6) is 0 Å². The van der Waals surface area contributed by atoms with Gasteiger partial charge in [0.05, 0.1) is 5.56 Å². The smallest absolute Gasteiger partial charge is 0.267 e. The third kappa shape index (κ3) is 3.47. The average molecular weight is 365 g/mol. The van der Waals surface area contributed by atoms with Crippen LogP contribution in [0.1, 0.15) is 20.7 Å². The van der Waals surface area contributed by atoms with Gasteiger partial charge in [-0.1, -0.05) is 23.2 Å². The standard InChI is InChI=1S/C16H10Cl2N2O2S/c17-10-3-1-9(2-4-10)15(21)19-20-16(22)13-8-23-14-6-5-11(18)7-12(13)14/h1-8H,(H,19,21)(H,20,22). The molecule has 2 aromatic carbocycles. The topological polar surface area (TPSA) is 58.2 Å². The van der Waals surface area contributed by atoms with E-state index in [0.29, 0.717) is 21.2 Å². The minimum atomic E-state index is -0.424. The Balaban J connectivity index is 1.72. The molecule has 0 spiro atoms. The first-order valence-corrected chi connectivity index (χ1v) is 8.21. The van der Waals surface area contributed by atoms with Gasteiger partial charge >= 0.3 is 0 Å². The third-order valence-electron chi connectivity index (χ3n) is 3.18. The molecule has 1 heterocycles. The number of hydrogen-bond donors (Lipinski definition) is 2. The van der Waals surface area contributed by atoms with Crippen molar-refractivity contribution in [1.82, 2.24) is 10.9 Å². The summed E-state index contributed by atoms with van der Waals surface area (Å²) in [5.41, 5.74) is 5.64. The maximum atomic E-state index is 12.2. The van der Waals surface area contributed by atoms with Crippen LogP contribution in [0.4, 0.5) is 0 Å². The summed E-state index contributed by atoms with van der Waals surface area (Å²) >= 11 is 13.2. The summed E-state index contributed by atoms with van der Waals surface area (Å²) < 4.78 is 0.948. The van der Waals surface area contributed by atoms with Crippen LogP contribution in [0.3, 0.4) is 0 Å². The fourth-order valence-electron chi connectivity index (χ4n) is 2.03. The van der Waals surface area contributed by atoms with Gasteiger partial charge in [0.25, 0.3) is 11.8 Å². The van der Waals surface area contributed by atoms with Gasteiger partial charge in [-0.15, -0.1) is 11.3 Å². The molecule has 2 amide bonds. The number of halogens is 2. The number of rotatable bonds is 2. The third-order valence-corrected chi connectivity index (χ3v) is 4.63. The second-order valence-corrected chi connectivity index (χ2v) is 6.49. The predicted octanol–water partition coefficient (Wildman–Crippen LogP) is 4.28. The van der Waals surface area contributed by atoms with Gasteiger partial charge in [-0.05, 0) is 42.5 Å². The van der Waals surface area contributed by atoms with E-state index >= 15 is 0 Å². The summed E-state index contributed by atoms with van der Waals surface area (Å²) in [6.07, 6.45) is 0. The zero-order valence-corrected chi connectivity index (χ0v) is 13.9. The van der Waals surface area contributed by atoms with Crippen molar-refractivity contribution in [2.75, 3.05) is 0 Å². The number of hydrazine groups is 1. The molecule has 3 rings (SSSR count). The minimum absolute atomic E-state index is 0.396. The molecule has 3 aromatic rings. The summed E-state index contributed by atoms with van der Waals surface area (Å²) in [5.74, 6) is -0.826. The van der Waals surface area contributed by atoms with Crippen LogP contribution in [0.15, 0.2) is 47.8 Å². The van der Waals surface area contributed by atoms with Crippen LogP contribution in [0, 0.1) is 0 Å². The molecule has 0 aliphatic heterocycles. The van der Waals surface area contributed by atoms with Crippen molar-refractivity contribution in [1.29, 1.82) is 0 Å². The van der Waals surface area contributed by atoms with Crippen molar-refractivity contribution in [3.05, 3.63) is 69.0 Å². The molecule has 0 aliphatic carbocycles. The minimum Gasteiger partial charge on any atom is -0.267 e. The Hall–Kier alpha value is -2.08. The molecule has 4 nitrogen and oxygen atoms in total. The zero-order chi connectivity index (χ0) is 16.4. The SMILES string of the molecule is O=C(NNC(=O)c1csc2ccc(Cl)cc12)c1ccc(Cl)cc1. The van der Waals surface area contributed by atoms with E-state index in [4.69, 9.17) is 23.2 Å². The Labute approximate surface area is 146 Å². The van der Waals surface area contributed by atoms with Gasteiger partial charge in [-0.2, -0.15) is 0 Å². The molecule has 0 bridgehead atoms. The highest BCUT2D eigenvalue weighted by atomic mass is 35.5. The summed E-state index contributed by atoms with van der Waals surface area (Å²) in [5, 5.41) is 3.56. The molecular formula is C16H10Cl2N2O2S. The number of nitrogens with one attached hydrogen (secondary N) is 2. The Kier molecular flexibility index (Phi) is 4.52. The van der Waals surface area contributed by atoms with E-state index in [1.165, 1.54) is 11.3 Å². The quantitative estimate of drug-likeness (QED) is 0.666. The van der Waals surface area contributed by atoms with Crippen LogP contribution in [0.2, 0.25) is 10.0 Å². The fraction of sp³-hybridized carbons (Fsp3) is 0. The maximum Gasteiger partial charge on any atom is 0.271 e. The van der Waals surface area contributed by atoms with Gasteiger partial charge in [-0.25, -0.2) is 0 Å². The van der Waals surface area contributed by atoms with Crippen molar-refractivity contribution in [3.63, 3.8) is 0 Å². The Morgan fingerprint density at radius 3 is 2.26 bits per heavy atom. The van der Waals surface area contributed by atoms with Crippen molar-refractivity contribution in [2.24, 2.45) is 0 Å². The molecule has 23 heavy (non-hydrogen) atoms. The van der Waals surface area contributed by atoms with E-state index in [0.717, 1.165) is 10.1 Å². The van der Waals surface area contributed by atoms with Gasteiger partial charge in [-0.3, -0.25) is 20.4 Å². The van der Waals surface area contributed by atoms with Gasteiger partial charge < -0.3 is 0 Å². The molecule has 116 valence electrons. The van der Waals surface area contributed by atoms with E-state index < -0.39 is 11.8 Å². The maximum absolute atomic E-state index is 12.2. The summed E-state index contributed by atoms with van der Waals surface area (Å²) in [7, 11) is 0. The molecule has 2 N–H and O–H groups in total. The predicted molar refractivity (Wildman–Crippen MR) is 93.2 cm³/mol. The molecule has 0 aliphatic rings. The zero-order valence-electron chi connectivity index (χ0n) is 11.6. The first-order valence-electron chi connectivity index (χ1n) is 6.57. The molecule has 7 heteroatoms. The van der Waals surface area contributed by atoms with Crippen molar-refractivity contribution >= 4 is 56.4 Å². The Morgan fingerprint density at radius 1 is 0.870 bits per heavy atom. The lowest BCUT2D eigenvalue weighted by Crippen LogP contribution is -2.41. The number of amides is 2. The van der Waals surface area contributed by atoms with Crippen molar-refractivity contribution in [2.45, 2.75) is 0 Å². The van der Waals surface area contributed by atoms with Crippen LogP contribution < -0.4 is 10.9 Å². The monoisotopic (exact) mass is 364 g/mol. The van der Waals surface area contributed by atoms with Gasteiger partial charge in [0.1, 0.15) is 0 Å². The second kappa shape index (κ2) is 6.58. The lowest BCUT2D eigenvalue weighted by Gasteiger charge is -2.07. The average Bonchev–Trinajstić information content (AvgIpc) is 2.96. The van der Waals surface area contributed by atoms with Gasteiger partial charge in [0.2, 0.25) is 0 Å². The lowest BCUT2D eigenvalue weighted by molar-refractivity contribution is 0.0848. The highest BCUT2D eigenvalue weighted by Gasteiger charge is 2.14. The van der Waals surface area contributed by atoms with Gasteiger partial charge in [0, 0.05) is 31.1 Å². The van der Waals surface area contributed by atoms with E-state index in [2.05, 4.69) is 10.9 Å². The molecule has 0 fully saturated rings. The molecule has 0 saturated heterocycles. The molecule has 0 radical (unpaired) electrons. The highest BCUT2D eigenvalue weighted by molar-refractivity contribution is 7.17.